The maximum Gasteiger partial charge on any atom is 0.247 e. The Morgan fingerprint density at radius 1 is 1.00 bits per heavy atom. The summed E-state index contributed by atoms with van der Waals surface area (Å²) in [7, 11) is 1.65. The van der Waals surface area contributed by atoms with Crippen LogP contribution in [-0.2, 0) is 13.1 Å². The first-order chi connectivity index (χ1) is 12.3. The van der Waals surface area contributed by atoms with Crippen molar-refractivity contribution in [3.05, 3.63) is 66.1 Å². The average molecular weight is 335 g/mol. The largest absolute Gasteiger partial charge is 0.497 e. The zero-order valence-corrected chi connectivity index (χ0v) is 14.3. The van der Waals surface area contributed by atoms with E-state index in [-0.39, 0.29) is 0 Å². The Labute approximate surface area is 147 Å². The molecule has 0 atom stereocenters. The summed E-state index contributed by atoms with van der Waals surface area (Å²) in [6, 6.07) is 18.8. The van der Waals surface area contributed by atoms with Gasteiger partial charge in [-0.05, 0) is 42.7 Å². The van der Waals surface area contributed by atoms with Crippen LogP contribution in [0.15, 0.2) is 59.0 Å². The number of methoxy groups -OCH3 is 1. The fraction of sp³-hybridized carbons (Fsp3) is 0.300. The first-order valence-corrected chi connectivity index (χ1v) is 8.56. The summed E-state index contributed by atoms with van der Waals surface area (Å²) in [6.45, 7) is 1.59. The summed E-state index contributed by atoms with van der Waals surface area (Å²) in [5.74, 6) is 2.02. The molecule has 3 aromatic rings. The Hall–Kier alpha value is -2.66. The van der Waals surface area contributed by atoms with Crippen LogP contribution in [-0.4, -0.2) is 28.2 Å². The minimum Gasteiger partial charge on any atom is -0.497 e. The van der Waals surface area contributed by atoms with Crippen LogP contribution >= 0.6 is 0 Å². The third-order valence-electron chi connectivity index (χ3n) is 4.43. The molecule has 0 aliphatic heterocycles. The van der Waals surface area contributed by atoms with Crippen molar-refractivity contribution < 1.29 is 9.15 Å². The molecule has 1 heterocycles. The molecule has 5 nitrogen and oxygen atoms in total. The Morgan fingerprint density at radius 3 is 2.44 bits per heavy atom. The van der Waals surface area contributed by atoms with Crippen molar-refractivity contribution in [2.75, 3.05) is 7.11 Å². The number of hydrogen-bond acceptors (Lipinski definition) is 5. The van der Waals surface area contributed by atoms with Gasteiger partial charge in [0, 0.05) is 18.2 Å². The second-order valence-corrected chi connectivity index (χ2v) is 6.35. The molecule has 25 heavy (non-hydrogen) atoms. The maximum atomic E-state index is 5.88. The molecular formula is C20H21N3O2. The quantitative estimate of drug-likeness (QED) is 0.655. The van der Waals surface area contributed by atoms with Crippen LogP contribution in [0.2, 0.25) is 0 Å². The van der Waals surface area contributed by atoms with Gasteiger partial charge in [0.05, 0.1) is 13.7 Å². The number of nitrogens with zero attached hydrogens (tertiary/aromatic N) is 3. The highest BCUT2D eigenvalue weighted by atomic mass is 16.5. The highest BCUT2D eigenvalue weighted by Crippen LogP contribution is 2.30. The third-order valence-corrected chi connectivity index (χ3v) is 4.43. The van der Waals surface area contributed by atoms with Gasteiger partial charge >= 0.3 is 0 Å². The van der Waals surface area contributed by atoms with E-state index in [1.807, 2.05) is 30.3 Å². The summed E-state index contributed by atoms with van der Waals surface area (Å²) in [5.41, 5.74) is 2.21. The second kappa shape index (κ2) is 7.07. The van der Waals surface area contributed by atoms with Gasteiger partial charge in [-0.1, -0.05) is 30.3 Å². The second-order valence-electron chi connectivity index (χ2n) is 6.35. The highest BCUT2D eigenvalue weighted by molar-refractivity contribution is 5.53. The van der Waals surface area contributed by atoms with Gasteiger partial charge in [-0.15, -0.1) is 10.2 Å². The molecule has 2 aromatic carbocycles. The Balaban J connectivity index is 1.46. The van der Waals surface area contributed by atoms with Crippen molar-refractivity contribution >= 4 is 0 Å². The molecule has 1 fully saturated rings. The molecular weight excluding hydrogens is 314 g/mol. The summed E-state index contributed by atoms with van der Waals surface area (Å²) < 4.78 is 11.1. The van der Waals surface area contributed by atoms with Gasteiger partial charge in [0.15, 0.2) is 0 Å². The highest BCUT2D eigenvalue weighted by Gasteiger charge is 2.30. The van der Waals surface area contributed by atoms with E-state index in [2.05, 4.69) is 39.4 Å². The van der Waals surface area contributed by atoms with E-state index in [4.69, 9.17) is 9.15 Å². The normalized spacial score (nSPS) is 14.0. The molecule has 4 rings (SSSR count). The molecule has 128 valence electrons. The first kappa shape index (κ1) is 15.8. The Bertz CT molecular complexity index is 810. The smallest absolute Gasteiger partial charge is 0.247 e. The molecule has 0 spiro atoms. The Kier molecular flexibility index (Phi) is 4.48. The lowest BCUT2D eigenvalue weighted by Crippen LogP contribution is -2.25. The fourth-order valence-electron chi connectivity index (χ4n) is 2.91. The summed E-state index contributed by atoms with van der Waals surface area (Å²) in [4.78, 5) is 2.42. The van der Waals surface area contributed by atoms with Crippen LogP contribution in [0, 0.1) is 0 Å². The summed E-state index contributed by atoms with van der Waals surface area (Å²) in [6.07, 6.45) is 2.48. The lowest BCUT2D eigenvalue weighted by atomic mass is 10.2. The monoisotopic (exact) mass is 335 g/mol. The van der Waals surface area contributed by atoms with Crippen LogP contribution in [0.1, 0.15) is 24.3 Å². The van der Waals surface area contributed by atoms with Gasteiger partial charge in [-0.2, -0.15) is 0 Å². The van der Waals surface area contributed by atoms with E-state index < -0.39 is 0 Å². The zero-order chi connectivity index (χ0) is 17.1. The van der Waals surface area contributed by atoms with Crippen molar-refractivity contribution in [3.8, 4) is 17.2 Å². The number of hydrogen-bond donors (Lipinski definition) is 0. The van der Waals surface area contributed by atoms with Crippen molar-refractivity contribution in [1.29, 1.82) is 0 Å². The van der Waals surface area contributed by atoms with Gasteiger partial charge < -0.3 is 9.15 Å². The summed E-state index contributed by atoms with van der Waals surface area (Å²) >= 11 is 0. The van der Waals surface area contributed by atoms with Gasteiger partial charge in [0.2, 0.25) is 11.8 Å². The minimum absolute atomic E-state index is 0.549. The van der Waals surface area contributed by atoms with E-state index in [1.165, 1.54) is 18.4 Å². The average Bonchev–Trinajstić information content (AvgIpc) is 3.41. The van der Waals surface area contributed by atoms with Crippen LogP contribution in [0.25, 0.3) is 11.5 Å². The van der Waals surface area contributed by atoms with Crippen molar-refractivity contribution in [2.24, 2.45) is 0 Å². The number of benzene rings is 2. The van der Waals surface area contributed by atoms with Crippen LogP contribution in [0.5, 0.6) is 5.75 Å². The van der Waals surface area contributed by atoms with Gasteiger partial charge in [0.25, 0.3) is 0 Å². The molecule has 1 saturated carbocycles. The molecule has 1 aromatic heterocycles. The lowest BCUT2D eigenvalue weighted by molar-refractivity contribution is 0.221. The standard InChI is InChI=1S/C20H21N3O2/c1-24-18-11-7-16(8-12-18)20-22-21-19(25-20)14-23(17-9-10-17)13-15-5-3-2-4-6-15/h2-8,11-12,17H,9-10,13-14H2,1H3. The third kappa shape index (κ3) is 3.88. The van der Waals surface area contributed by atoms with Gasteiger partial charge in [-0.3, -0.25) is 4.90 Å². The molecule has 5 heteroatoms. The molecule has 0 N–H and O–H groups in total. The zero-order valence-electron chi connectivity index (χ0n) is 14.3. The molecule has 0 unspecified atom stereocenters. The lowest BCUT2D eigenvalue weighted by Gasteiger charge is -2.19. The Morgan fingerprint density at radius 2 is 1.76 bits per heavy atom. The van der Waals surface area contributed by atoms with Crippen molar-refractivity contribution in [3.63, 3.8) is 0 Å². The first-order valence-electron chi connectivity index (χ1n) is 8.56. The number of aromatic nitrogens is 2. The summed E-state index contributed by atoms with van der Waals surface area (Å²) in [5, 5.41) is 8.43. The van der Waals surface area contributed by atoms with Crippen molar-refractivity contribution in [1.82, 2.24) is 15.1 Å². The van der Waals surface area contributed by atoms with E-state index in [1.54, 1.807) is 7.11 Å². The fourth-order valence-corrected chi connectivity index (χ4v) is 2.91. The van der Waals surface area contributed by atoms with E-state index in [0.717, 1.165) is 17.9 Å². The number of rotatable bonds is 7. The minimum atomic E-state index is 0.549. The number of ether oxygens (including phenoxy) is 1. The maximum absolute atomic E-state index is 5.88. The predicted molar refractivity (Wildman–Crippen MR) is 95.0 cm³/mol. The van der Waals surface area contributed by atoms with E-state index in [0.29, 0.717) is 24.4 Å². The molecule has 1 aliphatic carbocycles. The van der Waals surface area contributed by atoms with Gasteiger partial charge in [0.1, 0.15) is 5.75 Å². The SMILES string of the molecule is COc1ccc(-c2nnc(CN(Cc3ccccc3)C3CC3)o2)cc1. The van der Waals surface area contributed by atoms with Gasteiger partial charge in [-0.25, -0.2) is 0 Å². The van der Waals surface area contributed by atoms with E-state index >= 15 is 0 Å². The molecule has 1 aliphatic rings. The topological polar surface area (TPSA) is 51.4 Å². The predicted octanol–water partition coefficient (Wildman–Crippen LogP) is 3.91. The molecule has 0 radical (unpaired) electrons. The van der Waals surface area contributed by atoms with Crippen LogP contribution in [0.3, 0.4) is 0 Å². The van der Waals surface area contributed by atoms with E-state index in [9.17, 15) is 0 Å². The van der Waals surface area contributed by atoms with Crippen molar-refractivity contribution in [2.45, 2.75) is 32.0 Å². The van der Waals surface area contributed by atoms with Crippen LogP contribution in [0.4, 0.5) is 0 Å². The van der Waals surface area contributed by atoms with Crippen LogP contribution < -0.4 is 4.74 Å². The molecule has 0 bridgehead atoms. The molecule has 0 amide bonds. The molecule has 0 saturated heterocycles.